The first kappa shape index (κ1) is 9.98. The third-order valence-corrected chi connectivity index (χ3v) is 2.69. The van der Waals surface area contributed by atoms with Gasteiger partial charge in [0.05, 0.1) is 7.11 Å². The number of nitrogens with two attached hydrogens (primary N) is 1. The Morgan fingerprint density at radius 1 is 1.47 bits per heavy atom. The van der Waals surface area contributed by atoms with Crippen molar-refractivity contribution in [2.75, 3.05) is 7.11 Å². The quantitative estimate of drug-likeness (QED) is 0.661. The summed E-state index contributed by atoms with van der Waals surface area (Å²) in [5, 5.41) is 9.62. The van der Waals surface area contributed by atoms with Crippen molar-refractivity contribution >= 4 is 5.97 Å². The minimum atomic E-state index is -0.518. The molecular weight excluding hydrogens is 194 g/mol. The van der Waals surface area contributed by atoms with Gasteiger partial charge in [0, 0.05) is 6.04 Å². The molecule has 2 rings (SSSR count). The van der Waals surface area contributed by atoms with Gasteiger partial charge in [0.1, 0.15) is 11.3 Å². The number of phenols is 1. The first-order valence-electron chi connectivity index (χ1n) is 4.80. The van der Waals surface area contributed by atoms with Crippen LogP contribution in [0.3, 0.4) is 0 Å². The molecule has 3 N–H and O–H groups in total. The molecule has 1 unspecified atom stereocenters. The molecule has 0 fully saturated rings. The molecule has 1 atom stereocenters. The summed E-state index contributed by atoms with van der Waals surface area (Å²) in [6.07, 6.45) is 1.50. The highest BCUT2D eigenvalue weighted by atomic mass is 16.5. The molecule has 0 spiro atoms. The molecule has 0 saturated carbocycles. The van der Waals surface area contributed by atoms with E-state index in [4.69, 9.17) is 5.73 Å². The molecule has 0 saturated heterocycles. The van der Waals surface area contributed by atoms with Gasteiger partial charge >= 0.3 is 5.97 Å². The molecule has 0 aromatic heterocycles. The maximum absolute atomic E-state index is 11.3. The van der Waals surface area contributed by atoms with Crippen molar-refractivity contribution in [2.24, 2.45) is 5.73 Å². The Bertz CT molecular complexity index is 415. The Morgan fingerprint density at radius 3 is 2.67 bits per heavy atom. The van der Waals surface area contributed by atoms with Gasteiger partial charge in [-0.3, -0.25) is 0 Å². The number of carbonyl (C=O) groups is 1. The van der Waals surface area contributed by atoms with E-state index < -0.39 is 5.97 Å². The molecule has 0 radical (unpaired) electrons. The molecule has 1 aromatic rings. The van der Waals surface area contributed by atoms with Crippen LogP contribution in [-0.4, -0.2) is 24.2 Å². The van der Waals surface area contributed by atoms with E-state index in [1.54, 1.807) is 12.1 Å². The second kappa shape index (κ2) is 3.55. The molecule has 0 aliphatic heterocycles. The van der Waals surface area contributed by atoms with Crippen LogP contribution in [0, 0.1) is 0 Å². The molecule has 1 aromatic carbocycles. The highest BCUT2D eigenvalue weighted by Gasteiger charge is 2.22. The normalized spacial score (nSPS) is 18.7. The Labute approximate surface area is 87.7 Å². The van der Waals surface area contributed by atoms with Crippen LogP contribution in [-0.2, 0) is 17.6 Å². The largest absolute Gasteiger partial charge is 0.507 e. The lowest BCUT2D eigenvalue weighted by atomic mass is 10.1. The molecule has 4 nitrogen and oxygen atoms in total. The number of rotatable bonds is 1. The topological polar surface area (TPSA) is 72.5 Å². The minimum absolute atomic E-state index is 0.0327. The number of phenolic OH excluding ortho intramolecular Hbond substituents is 1. The van der Waals surface area contributed by atoms with Crippen LogP contribution in [0.15, 0.2) is 12.1 Å². The first-order valence-corrected chi connectivity index (χ1v) is 4.80. The maximum Gasteiger partial charge on any atom is 0.341 e. The van der Waals surface area contributed by atoms with Gasteiger partial charge in [-0.1, -0.05) is 0 Å². The lowest BCUT2D eigenvalue weighted by Gasteiger charge is -2.05. The molecule has 0 amide bonds. The standard InChI is InChI=1S/C11H13NO3/c1-15-11(14)9-4-6-2-8(12)3-7(6)5-10(9)13/h4-5,8,13H,2-3,12H2,1H3. The zero-order valence-corrected chi connectivity index (χ0v) is 8.49. The molecule has 0 heterocycles. The molecule has 15 heavy (non-hydrogen) atoms. The average Bonchev–Trinajstić information content (AvgIpc) is 2.55. The van der Waals surface area contributed by atoms with Crippen molar-refractivity contribution in [1.82, 2.24) is 0 Å². The molecule has 1 aliphatic carbocycles. The van der Waals surface area contributed by atoms with Crippen molar-refractivity contribution in [1.29, 1.82) is 0 Å². The summed E-state index contributed by atoms with van der Waals surface area (Å²) in [5.41, 5.74) is 8.06. The Balaban J connectivity index is 2.44. The fourth-order valence-corrected chi connectivity index (χ4v) is 1.97. The Kier molecular flexibility index (Phi) is 2.36. The summed E-state index contributed by atoms with van der Waals surface area (Å²) >= 11 is 0. The average molecular weight is 207 g/mol. The maximum atomic E-state index is 11.3. The number of esters is 1. The number of fused-ring (bicyclic) bond motifs is 1. The molecule has 4 heteroatoms. The van der Waals surface area contributed by atoms with Gasteiger partial charge in [-0.25, -0.2) is 4.79 Å². The van der Waals surface area contributed by atoms with Crippen molar-refractivity contribution in [3.63, 3.8) is 0 Å². The van der Waals surface area contributed by atoms with E-state index in [0.717, 1.165) is 24.0 Å². The van der Waals surface area contributed by atoms with Gasteiger partial charge in [-0.05, 0) is 36.1 Å². The monoisotopic (exact) mass is 207 g/mol. The third kappa shape index (κ3) is 1.68. The van der Waals surface area contributed by atoms with Gasteiger partial charge in [-0.2, -0.15) is 0 Å². The van der Waals surface area contributed by atoms with Crippen LogP contribution in [0.25, 0.3) is 0 Å². The van der Waals surface area contributed by atoms with Gasteiger partial charge in [0.25, 0.3) is 0 Å². The van der Waals surface area contributed by atoms with E-state index in [2.05, 4.69) is 4.74 Å². The fourth-order valence-electron chi connectivity index (χ4n) is 1.97. The van der Waals surface area contributed by atoms with Crippen molar-refractivity contribution in [2.45, 2.75) is 18.9 Å². The van der Waals surface area contributed by atoms with Crippen LogP contribution in [0.4, 0.5) is 0 Å². The van der Waals surface area contributed by atoms with E-state index in [9.17, 15) is 9.90 Å². The zero-order valence-electron chi connectivity index (χ0n) is 8.49. The molecular formula is C11H13NO3. The lowest BCUT2D eigenvalue weighted by molar-refractivity contribution is 0.0597. The van der Waals surface area contributed by atoms with E-state index in [1.165, 1.54) is 7.11 Å². The van der Waals surface area contributed by atoms with Gasteiger partial charge in [0.15, 0.2) is 0 Å². The number of methoxy groups -OCH3 is 1. The van der Waals surface area contributed by atoms with Crippen molar-refractivity contribution in [3.8, 4) is 5.75 Å². The molecule has 80 valence electrons. The van der Waals surface area contributed by atoms with Crippen LogP contribution < -0.4 is 5.73 Å². The van der Waals surface area contributed by atoms with Crippen LogP contribution in [0.1, 0.15) is 21.5 Å². The van der Waals surface area contributed by atoms with Crippen molar-refractivity contribution < 1.29 is 14.6 Å². The number of ether oxygens (including phenoxy) is 1. The van der Waals surface area contributed by atoms with Crippen LogP contribution >= 0.6 is 0 Å². The SMILES string of the molecule is COC(=O)c1cc2c(cc1O)CC(N)C2. The highest BCUT2D eigenvalue weighted by molar-refractivity contribution is 5.92. The fraction of sp³-hybridized carbons (Fsp3) is 0.364. The van der Waals surface area contributed by atoms with E-state index in [-0.39, 0.29) is 17.4 Å². The first-order chi connectivity index (χ1) is 7.11. The van der Waals surface area contributed by atoms with Gasteiger partial charge in [0.2, 0.25) is 0 Å². The Morgan fingerprint density at radius 2 is 2.07 bits per heavy atom. The number of aromatic hydroxyl groups is 1. The molecule has 0 bridgehead atoms. The van der Waals surface area contributed by atoms with Gasteiger partial charge in [-0.15, -0.1) is 0 Å². The van der Waals surface area contributed by atoms with Crippen molar-refractivity contribution in [3.05, 3.63) is 28.8 Å². The minimum Gasteiger partial charge on any atom is -0.507 e. The summed E-state index contributed by atoms with van der Waals surface area (Å²) in [5.74, 6) is -0.550. The summed E-state index contributed by atoms with van der Waals surface area (Å²) in [6.45, 7) is 0. The second-order valence-corrected chi connectivity index (χ2v) is 3.80. The number of hydrogen-bond donors (Lipinski definition) is 2. The van der Waals surface area contributed by atoms with E-state index in [0.29, 0.717) is 0 Å². The smallest absolute Gasteiger partial charge is 0.341 e. The predicted molar refractivity (Wildman–Crippen MR) is 54.8 cm³/mol. The van der Waals surface area contributed by atoms with E-state index in [1.807, 2.05) is 0 Å². The Hall–Kier alpha value is -1.55. The summed E-state index contributed by atoms with van der Waals surface area (Å²) in [6, 6.07) is 3.37. The summed E-state index contributed by atoms with van der Waals surface area (Å²) in [4.78, 5) is 11.3. The van der Waals surface area contributed by atoms with E-state index >= 15 is 0 Å². The summed E-state index contributed by atoms with van der Waals surface area (Å²) < 4.78 is 4.57. The number of hydrogen-bond acceptors (Lipinski definition) is 4. The number of benzene rings is 1. The zero-order chi connectivity index (χ0) is 11.0. The highest BCUT2D eigenvalue weighted by Crippen LogP contribution is 2.29. The lowest BCUT2D eigenvalue weighted by Crippen LogP contribution is -2.19. The molecule has 1 aliphatic rings. The summed E-state index contributed by atoms with van der Waals surface area (Å²) in [7, 11) is 1.29. The van der Waals surface area contributed by atoms with Gasteiger partial charge < -0.3 is 15.6 Å². The van der Waals surface area contributed by atoms with Crippen LogP contribution in [0.5, 0.6) is 5.75 Å². The van der Waals surface area contributed by atoms with Crippen LogP contribution in [0.2, 0.25) is 0 Å². The predicted octanol–water partition coefficient (Wildman–Crippen LogP) is 0.605. The third-order valence-electron chi connectivity index (χ3n) is 2.69. The second-order valence-electron chi connectivity index (χ2n) is 3.80. The number of carbonyl (C=O) groups excluding carboxylic acids is 1.